The van der Waals surface area contributed by atoms with E-state index < -0.39 is 12.0 Å². The van der Waals surface area contributed by atoms with Crippen molar-refractivity contribution in [3.8, 4) is 0 Å². The Labute approximate surface area is 152 Å². The smallest absolute Gasteiger partial charge is 0.272 e. The summed E-state index contributed by atoms with van der Waals surface area (Å²) in [7, 11) is 0. The quantitative estimate of drug-likeness (QED) is 0.335. The highest BCUT2D eigenvalue weighted by molar-refractivity contribution is 5.87. The molecule has 5 heteroatoms. The number of aryl methyl sites for hydroxylation is 6. The molecular formula is C21H23F3N2. The van der Waals surface area contributed by atoms with Crippen molar-refractivity contribution in [1.82, 2.24) is 0 Å². The first kappa shape index (κ1) is 19.8. The van der Waals surface area contributed by atoms with Crippen LogP contribution in [0.2, 0.25) is 0 Å². The monoisotopic (exact) mass is 360 g/mol. The molecule has 0 amide bonds. The number of hydrogen-bond acceptors (Lipinski definition) is 1. The van der Waals surface area contributed by atoms with Gasteiger partial charge in [0.25, 0.3) is 5.95 Å². The van der Waals surface area contributed by atoms with Crippen molar-refractivity contribution in [2.45, 2.75) is 41.5 Å². The fourth-order valence-electron chi connectivity index (χ4n) is 3.34. The minimum absolute atomic E-state index is 0.368. The Kier molecular flexibility index (Phi) is 5.90. The van der Waals surface area contributed by atoms with E-state index in [4.69, 9.17) is 0 Å². The Hall–Kier alpha value is -2.56. The fourth-order valence-corrected chi connectivity index (χ4v) is 3.34. The van der Waals surface area contributed by atoms with E-state index in [1.807, 2.05) is 52.0 Å². The highest BCUT2D eigenvalue weighted by Gasteiger charge is 2.20. The number of halogens is 3. The van der Waals surface area contributed by atoms with Gasteiger partial charge < -0.3 is 0 Å². The molecule has 0 bridgehead atoms. The van der Waals surface area contributed by atoms with Crippen LogP contribution >= 0.6 is 0 Å². The van der Waals surface area contributed by atoms with E-state index in [9.17, 15) is 13.2 Å². The molecule has 0 aliphatic carbocycles. The molecule has 0 aliphatic heterocycles. The first-order chi connectivity index (χ1) is 12.1. The average molecular weight is 360 g/mol. The molecule has 0 radical (unpaired) electrons. The van der Waals surface area contributed by atoms with Crippen LogP contribution in [-0.2, 0) is 0 Å². The van der Waals surface area contributed by atoms with Gasteiger partial charge >= 0.3 is 6.08 Å². The summed E-state index contributed by atoms with van der Waals surface area (Å²) < 4.78 is 40.4. The lowest BCUT2D eigenvalue weighted by atomic mass is 10.0. The third-order valence-electron chi connectivity index (χ3n) is 4.18. The first-order valence-corrected chi connectivity index (χ1v) is 8.31. The number of nitrogens with zero attached hydrogens (tertiary/aromatic N) is 2. The van der Waals surface area contributed by atoms with Gasteiger partial charge in [0, 0.05) is 0 Å². The lowest BCUT2D eigenvalue weighted by Crippen LogP contribution is -2.21. The zero-order chi connectivity index (χ0) is 19.6. The molecule has 0 fully saturated rings. The first-order valence-electron chi connectivity index (χ1n) is 8.31. The minimum atomic E-state index is -2.38. The minimum Gasteiger partial charge on any atom is -0.272 e. The maximum Gasteiger partial charge on any atom is 0.323 e. The standard InChI is InChI=1S/C21H23F3N2/c1-12-7-14(3)18(15(4)8-12)25-11-26(21(24)20(22)23)19-16(5)9-13(2)10-17(19)6/h7-11H,1-6H3. The van der Waals surface area contributed by atoms with Crippen LogP contribution in [0.4, 0.5) is 24.5 Å². The van der Waals surface area contributed by atoms with E-state index in [0.717, 1.165) is 33.5 Å². The van der Waals surface area contributed by atoms with Gasteiger partial charge in [-0.05, 0) is 63.8 Å². The number of hydrogen-bond donors (Lipinski definition) is 0. The van der Waals surface area contributed by atoms with E-state index in [1.165, 1.54) is 0 Å². The van der Waals surface area contributed by atoms with E-state index in [2.05, 4.69) is 4.99 Å². The molecule has 0 saturated carbocycles. The summed E-state index contributed by atoms with van der Waals surface area (Å²) in [5.41, 5.74) is 6.28. The average Bonchev–Trinajstić information content (AvgIpc) is 2.50. The molecule has 0 aromatic heterocycles. The number of aliphatic imine (C=N–C) groups is 1. The van der Waals surface area contributed by atoms with Crippen molar-refractivity contribution in [2.75, 3.05) is 4.90 Å². The summed E-state index contributed by atoms with van der Waals surface area (Å²) in [5, 5.41) is 0. The zero-order valence-corrected chi connectivity index (χ0v) is 15.9. The maximum atomic E-state index is 14.3. The molecular weight excluding hydrogens is 337 g/mol. The van der Waals surface area contributed by atoms with Crippen molar-refractivity contribution < 1.29 is 13.2 Å². The predicted octanol–water partition coefficient (Wildman–Crippen LogP) is 6.74. The van der Waals surface area contributed by atoms with Gasteiger partial charge in [-0.25, -0.2) is 4.99 Å². The van der Waals surface area contributed by atoms with Crippen LogP contribution in [0.3, 0.4) is 0 Å². The molecule has 2 aromatic carbocycles. The topological polar surface area (TPSA) is 15.6 Å². The zero-order valence-electron chi connectivity index (χ0n) is 15.9. The van der Waals surface area contributed by atoms with Crippen LogP contribution in [0.1, 0.15) is 33.4 Å². The van der Waals surface area contributed by atoms with Crippen molar-refractivity contribution >= 4 is 17.7 Å². The van der Waals surface area contributed by atoms with E-state index in [1.54, 1.807) is 13.8 Å². The molecule has 138 valence electrons. The SMILES string of the molecule is Cc1cc(C)c(N=CN(C(F)=C(F)F)c2c(C)cc(C)cc2C)c(C)c1. The van der Waals surface area contributed by atoms with Crippen LogP contribution in [0.15, 0.2) is 41.3 Å². The molecule has 0 heterocycles. The summed E-state index contributed by atoms with van der Waals surface area (Å²) in [6.07, 6.45) is -1.25. The molecule has 2 nitrogen and oxygen atoms in total. The van der Waals surface area contributed by atoms with Gasteiger partial charge in [-0.15, -0.1) is 0 Å². The number of rotatable bonds is 4. The van der Waals surface area contributed by atoms with Crippen LogP contribution in [0.5, 0.6) is 0 Å². The van der Waals surface area contributed by atoms with Gasteiger partial charge in [-0.1, -0.05) is 35.4 Å². The second-order valence-electron chi connectivity index (χ2n) is 6.66. The highest BCUT2D eigenvalue weighted by Crippen LogP contribution is 2.31. The second-order valence-corrected chi connectivity index (χ2v) is 6.66. The normalized spacial score (nSPS) is 11.1. The molecule has 0 N–H and O–H groups in total. The van der Waals surface area contributed by atoms with Crippen LogP contribution in [-0.4, -0.2) is 6.34 Å². The number of benzene rings is 2. The third-order valence-corrected chi connectivity index (χ3v) is 4.18. The molecule has 26 heavy (non-hydrogen) atoms. The largest absolute Gasteiger partial charge is 0.323 e. The highest BCUT2D eigenvalue weighted by atomic mass is 19.3. The molecule has 0 atom stereocenters. The van der Waals surface area contributed by atoms with Crippen LogP contribution in [0, 0.1) is 41.5 Å². The molecule has 2 rings (SSSR count). The Morgan fingerprint density at radius 3 is 1.62 bits per heavy atom. The molecule has 0 spiro atoms. The van der Waals surface area contributed by atoms with Gasteiger partial charge in [0.05, 0.1) is 11.4 Å². The summed E-state index contributed by atoms with van der Waals surface area (Å²) in [6, 6.07) is 7.56. The fraction of sp³-hybridized carbons (Fsp3) is 0.286. The second kappa shape index (κ2) is 7.77. The summed E-state index contributed by atoms with van der Waals surface area (Å²) in [6.45, 7) is 11.2. The maximum absolute atomic E-state index is 14.3. The molecule has 0 unspecified atom stereocenters. The van der Waals surface area contributed by atoms with Gasteiger partial charge in [-0.3, -0.25) is 4.90 Å². The lowest BCUT2D eigenvalue weighted by molar-refractivity contribution is 0.377. The lowest BCUT2D eigenvalue weighted by Gasteiger charge is -2.22. The predicted molar refractivity (Wildman–Crippen MR) is 102 cm³/mol. The molecule has 0 aliphatic rings. The van der Waals surface area contributed by atoms with E-state index in [-0.39, 0.29) is 0 Å². The van der Waals surface area contributed by atoms with Crippen LogP contribution < -0.4 is 4.90 Å². The summed E-state index contributed by atoms with van der Waals surface area (Å²) in [4.78, 5) is 5.14. The van der Waals surface area contributed by atoms with E-state index >= 15 is 0 Å². The van der Waals surface area contributed by atoms with Gasteiger partial charge in [-0.2, -0.15) is 13.2 Å². The van der Waals surface area contributed by atoms with Gasteiger partial charge in [0.15, 0.2) is 0 Å². The summed E-state index contributed by atoms with van der Waals surface area (Å²) >= 11 is 0. The Bertz CT molecular complexity index is 848. The molecule has 2 aromatic rings. The van der Waals surface area contributed by atoms with Crippen molar-refractivity contribution in [2.24, 2.45) is 4.99 Å². The van der Waals surface area contributed by atoms with Gasteiger partial charge in [0.1, 0.15) is 6.34 Å². The van der Waals surface area contributed by atoms with Crippen molar-refractivity contribution in [1.29, 1.82) is 0 Å². The van der Waals surface area contributed by atoms with Crippen molar-refractivity contribution in [3.63, 3.8) is 0 Å². The number of anilines is 1. The Balaban J connectivity index is 2.61. The van der Waals surface area contributed by atoms with E-state index in [0.29, 0.717) is 22.5 Å². The molecule has 0 saturated heterocycles. The van der Waals surface area contributed by atoms with Crippen LogP contribution in [0.25, 0.3) is 0 Å². The Morgan fingerprint density at radius 1 is 0.769 bits per heavy atom. The summed E-state index contributed by atoms with van der Waals surface area (Å²) in [5.74, 6) is -1.62. The van der Waals surface area contributed by atoms with Crippen molar-refractivity contribution in [3.05, 3.63) is 69.7 Å². The third kappa shape index (κ3) is 4.15. The van der Waals surface area contributed by atoms with Gasteiger partial charge in [0.2, 0.25) is 0 Å². The Morgan fingerprint density at radius 2 is 1.19 bits per heavy atom.